The summed E-state index contributed by atoms with van der Waals surface area (Å²) in [4.78, 5) is 21.6. The van der Waals surface area contributed by atoms with Crippen LogP contribution in [0.15, 0.2) is 42.6 Å². The number of thiazole rings is 1. The van der Waals surface area contributed by atoms with E-state index in [0.717, 1.165) is 5.69 Å². The van der Waals surface area contributed by atoms with Crippen LogP contribution < -0.4 is 14.2 Å². The Morgan fingerprint density at radius 3 is 2.92 bits per heavy atom. The van der Waals surface area contributed by atoms with Crippen molar-refractivity contribution in [1.82, 2.24) is 9.97 Å². The molecule has 0 aliphatic carbocycles. The van der Waals surface area contributed by atoms with Crippen molar-refractivity contribution < 1.29 is 19.0 Å². The Morgan fingerprint density at radius 2 is 2.08 bits per heavy atom. The molecule has 2 aromatic heterocycles. The lowest BCUT2D eigenvalue weighted by molar-refractivity contribution is 0.0738. The zero-order valence-electron chi connectivity index (χ0n) is 12.7. The monoisotopic (exact) mass is 340 g/mol. The molecular formula is C17H12N2O4S. The van der Waals surface area contributed by atoms with Gasteiger partial charge in [0.1, 0.15) is 15.6 Å². The van der Waals surface area contributed by atoms with Crippen molar-refractivity contribution in [3.8, 4) is 28.0 Å². The van der Waals surface area contributed by atoms with Crippen molar-refractivity contribution in [2.75, 3.05) is 6.79 Å². The van der Waals surface area contributed by atoms with Crippen LogP contribution in [-0.4, -0.2) is 22.7 Å². The fourth-order valence-electron chi connectivity index (χ4n) is 2.28. The molecule has 1 aromatic carbocycles. The zero-order valence-corrected chi connectivity index (χ0v) is 13.5. The quantitative estimate of drug-likeness (QED) is 0.537. The van der Waals surface area contributed by atoms with Crippen LogP contribution >= 0.6 is 11.3 Å². The molecule has 1 aliphatic heterocycles. The molecule has 0 radical (unpaired) electrons. The Kier molecular flexibility index (Phi) is 3.62. The highest BCUT2D eigenvalue weighted by Gasteiger charge is 2.20. The number of esters is 1. The number of aromatic nitrogens is 2. The summed E-state index contributed by atoms with van der Waals surface area (Å²) in [5, 5.41) is 0.686. The lowest BCUT2D eigenvalue weighted by atomic mass is 10.3. The van der Waals surface area contributed by atoms with Gasteiger partial charge in [0.05, 0.1) is 11.4 Å². The Hall–Kier alpha value is -2.93. The Bertz CT molecular complexity index is 908. The maximum atomic E-state index is 12.4. The van der Waals surface area contributed by atoms with Gasteiger partial charge in [0.2, 0.25) is 6.79 Å². The maximum absolute atomic E-state index is 12.4. The molecule has 0 atom stereocenters. The summed E-state index contributed by atoms with van der Waals surface area (Å²) in [6, 6.07) is 10.6. The largest absolute Gasteiger partial charge is 0.454 e. The molecule has 6 nitrogen and oxygen atoms in total. The second kappa shape index (κ2) is 5.93. The topological polar surface area (TPSA) is 70.5 Å². The van der Waals surface area contributed by atoms with Crippen molar-refractivity contribution in [2.45, 2.75) is 6.92 Å². The summed E-state index contributed by atoms with van der Waals surface area (Å²) in [7, 11) is 0. The molecule has 0 N–H and O–H groups in total. The van der Waals surface area contributed by atoms with Gasteiger partial charge in [-0.25, -0.2) is 9.78 Å². The van der Waals surface area contributed by atoms with E-state index in [9.17, 15) is 4.79 Å². The Labute approximate surface area is 141 Å². The number of hydrogen-bond donors (Lipinski definition) is 0. The Balaban J connectivity index is 1.58. The molecular weight excluding hydrogens is 328 g/mol. The fraction of sp³-hybridized carbons (Fsp3) is 0.118. The van der Waals surface area contributed by atoms with Gasteiger partial charge in [-0.15, -0.1) is 11.3 Å². The minimum Gasteiger partial charge on any atom is -0.454 e. The number of aryl methyl sites for hydroxylation is 1. The summed E-state index contributed by atoms with van der Waals surface area (Å²) in [5.74, 6) is 1.15. The van der Waals surface area contributed by atoms with Crippen LogP contribution in [-0.2, 0) is 0 Å². The van der Waals surface area contributed by atoms with Crippen LogP contribution in [0.5, 0.6) is 17.2 Å². The number of hydrogen-bond acceptors (Lipinski definition) is 7. The van der Waals surface area contributed by atoms with Crippen LogP contribution in [0.4, 0.5) is 0 Å². The van der Waals surface area contributed by atoms with Gasteiger partial charge in [-0.3, -0.25) is 4.98 Å². The molecule has 0 fully saturated rings. The number of carbonyl (C=O) groups excluding carboxylic acids is 1. The molecule has 7 heteroatoms. The minimum absolute atomic E-state index is 0.175. The highest BCUT2D eigenvalue weighted by atomic mass is 32.1. The molecule has 0 amide bonds. The van der Waals surface area contributed by atoms with Gasteiger partial charge < -0.3 is 14.2 Å². The SMILES string of the molecule is Cc1nc(-c2ccccn2)sc1C(=O)Oc1ccc2c(c1)OCO2. The van der Waals surface area contributed by atoms with E-state index in [1.54, 1.807) is 31.3 Å². The van der Waals surface area contributed by atoms with Gasteiger partial charge in [0.25, 0.3) is 0 Å². The number of carbonyl (C=O) groups is 1. The predicted molar refractivity (Wildman–Crippen MR) is 87.6 cm³/mol. The van der Waals surface area contributed by atoms with E-state index < -0.39 is 5.97 Å². The number of pyridine rings is 1. The number of fused-ring (bicyclic) bond motifs is 1. The molecule has 4 rings (SSSR count). The number of benzene rings is 1. The van der Waals surface area contributed by atoms with Gasteiger partial charge in [0.15, 0.2) is 11.5 Å². The van der Waals surface area contributed by atoms with Crippen LogP contribution in [0, 0.1) is 6.92 Å². The summed E-state index contributed by atoms with van der Waals surface area (Å²) < 4.78 is 15.9. The number of nitrogens with zero attached hydrogens (tertiary/aromatic N) is 2. The second-order valence-electron chi connectivity index (χ2n) is 5.05. The molecule has 1 aliphatic rings. The third-order valence-electron chi connectivity index (χ3n) is 3.42. The zero-order chi connectivity index (χ0) is 16.5. The Morgan fingerprint density at radius 1 is 1.21 bits per heavy atom. The first kappa shape index (κ1) is 14.6. The van der Waals surface area contributed by atoms with Crippen LogP contribution in [0.3, 0.4) is 0 Å². The van der Waals surface area contributed by atoms with Gasteiger partial charge in [0, 0.05) is 12.3 Å². The van der Waals surface area contributed by atoms with Crippen LogP contribution in [0.2, 0.25) is 0 Å². The van der Waals surface area contributed by atoms with Crippen molar-refractivity contribution in [1.29, 1.82) is 0 Å². The van der Waals surface area contributed by atoms with Gasteiger partial charge in [-0.05, 0) is 31.2 Å². The molecule has 120 valence electrons. The summed E-state index contributed by atoms with van der Waals surface area (Å²) in [6.45, 7) is 1.95. The molecule has 0 saturated heterocycles. The minimum atomic E-state index is -0.453. The van der Waals surface area contributed by atoms with E-state index in [-0.39, 0.29) is 6.79 Å². The molecule has 0 spiro atoms. The van der Waals surface area contributed by atoms with E-state index in [0.29, 0.717) is 32.8 Å². The second-order valence-corrected chi connectivity index (χ2v) is 6.05. The molecule has 3 heterocycles. The van der Waals surface area contributed by atoms with E-state index in [1.807, 2.05) is 18.2 Å². The summed E-state index contributed by atoms with van der Waals surface area (Å²) in [5.41, 5.74) is 1.35. The van der Waals surface area contributed by atoms with Crippen LogP contribution in [0.25, 0.3) is 10.7 Å². The summed E-state index contributed by atoms with van der Waals surface area (Å²) >= 11 is 1.26. The first-order valence-electron chi connectivity index (χ1n) is 7.21. The average molecular weight is 340 g/mol. The fourth-order valence-corrected chi connectivity index (χ4v) is 3.20. The molecule has 0 unspecified atom stereocenters. The third kappa shape index (κ3) is 2.69. The molecule has 0 saturated carbocycles. The highest BCUT2D eigenvalue weighted by Crippen LogP contribution is 2.35. The normalized spacial score (nSPS) is 12.2. The summed E-state index contributed by atoms with van der Waals surface area (Å²) in [6.07, 6.45) is 1.69. The first-order valence-corrected chi connectivity index (χ1v) is 8.03. The van der Waals surface area contributed by atoms with E-state index >= 15 is 0 Å². The molecule has 24 heavy (non-hydrogen) atoms. The lowest BCUT2D eigenvalue weighted by Gasteiger charge is -2.04. The van der Waals surface area contributed by atoms with Crippen molar-refractivity contribution in [2.24, 2.45) is 0 Å². The van der Waals surface area contributed by atoms with Gasteiger partial charge >= 0.3 is 5.97 Å². The first-order chi connectivity index (χ1) is 11.7. The lowest BCUT2D eigenvalue weighted by Crippen LogP contribution is -2.07. The molecule has 0 bridgehead atoms. The number of rotatable bonds is 3. The highest BCUT2D eigenvalue weighted by molar-refractivity contribution is 7.17. The average Bonchev–Trinajstić information content (AvgIpc) is 3.21. The maximum Gasteiger partial charge on any atom is 0.355 e. The van der Waals surface area contributed by atoms with Crippen molar-refractivity contribution in [3.05, 3.63) is 53.2 Å². The van der Waals surface area contributed by atoms with Crippen molar-refractivity contribution in [3.63, 3.8) is 0 Å². The van der Waals surface area contributed by atoms with Crippen LogP contribution in [0.1, 0.15) is 15.4 Å². The number of ether oxygens (including phenoxy) is 3. The predicted octanol–water partition coefficient (Wildman–Crippen LogP) is 3.46. The van der Waals surface area contributed by atoms with Crippen molar-refractivity contribution >= 4 is 17.3 Å². The standard InChI is InChI=1S/C17H12N2O4S/c1-10-15(24-16(19-10)12-4-2-3-7-18-12)17(20)23-11-5-6-13-14(8-11)22-9-21-13/h2-8H,9H2,1H3. The smallest absolute Gasteiger partial charge is 0.355 e. The molecule has 3 aromatic rings. The van der Waals surface area contributed by atoms with E-state index in [1.165, 1.54) is 11.3 Å². The van der Waals surface area contributed by atoms with E-state index in [2.05, 4.69) is 9.97 Å². The third-order valence-corrected chi connectivity index (χ3v) is 4.58. The van der Waals surface area contributed by atoms with Gasteiger partial charge in [-0.1, -0.05) is 6.07 Å². The van der Waals surface area contributed by atoms with E-state index in [4.69, 9.17) is 14.2 Å². The van der Waals surface area contributed by atoms with Gasteiger partial charge in [-0.2, -0.15) is 0 Å².